The van der Waals surface area contributed by atoms with E-state index in [1.54, 1.807) is 14.2 Å². The first-order chi connectivity index (χ1) is 9.58. The fraction of sp³-hybridized carbons (Fsp3) is 0.933. The van der Waals surface area contributed by atoms with E-state index in [0.29, 0.717) is 13.2 Å². The molecule has 1 saturated carbocycles. The number of carbonyl (C=O) groups is 1. The average molecular weight is 285 g/mol. The molecular weight excluding hydrogens is 258 g/mol. The van der Waals surface area contributed by atoms with E-state index in [-0.39, 0.29) is 24.5 Å². The van der Waals surface area contributed by atoms with Gasteiger partial charge in [0.15, 0.2) is 0 Å². The lowest BCUT2D eigenvalue weighted by Crippen LogP contribution is -2.44. The summed E-state index contributed by atoms with van der Waals surface area (Å²) in [5.41, 5.74) is -0.794. The van der Waals surface area contributed by atoms with Gasteiger partial charge < -0.3 is 19.5 Å². The summed E-state index contributed by atoms with van der Waals surface area (Å²) in [7, 11) is 3.33. The third-order valence-corrected chi connectivity index (χ3v) is 4.65. The van der Waals surface area contributed by atoms with Gasteiger partial charge in [-0.15, -0.1) is 0 Å². The first kappa shape index (κ1) is 15.7. The van der Waals surface area contributed by atoms with Crippen molar-refractivity contribution in [2.75, 3.05) is 27.4 Å². The van der Waals surface area contributed by atoms with Crippen molar-refractivity contribution in [3.05, 3.63) is 0 Å². The molecule has 1 heterocycles. The molecule has 2 aliphatic rings. The number of amides is 1. The van der Waals surface area contributed by atoms with Crippen LogP contribution in [0.25, 0.3) is 0 Å². The maximum Gasteiger partial charge on any atom is 0.225 e. The normalized spacial score (nSPS) is 29.6. The second-order valence-corrected chi connectivity index (χ2v) is 6.21. The Balaban J connectivity index is 1.95. The van der Waals surface area contributed by atoms with Crippen LogP contribution in [0.4, 0.5) is 0 Å². The van der Waals surface area contributed by atoms with Crippen LogP contribution in [0.2, 0.25) is 0 Å². The molecule has 2 atom stereocenters. The molecule has 0 bridgehead atoms. The Kier molecular flexibility index (Phi) is 5.41. The summed E-state index contributed by atoms with van der Waals surface area (Å²) < 4.78 is 10.6. The maximum atomic E-state index is 12.5. The van der Waals surface area contributed by atoms with Gasteiger partial charge in [-0.25, -0.2) is 0 Å². The van der Waals surface area contributed by atoms with Crippen LogP contribution < -0.4 is 0 Å². The van der Waals surface area contributed by atoms with E-state index in [0.717, 1.165) is 38.5 Å². The molecule has 1 N–H and O–H groups in total. The molecule has 1 saturated heterocycles. The summed E-state index contributed by atoms with van der Waals surface area (Å²) in [5.74, 6) is 0.0380. The van der Waals surface area contributed by atoms with Crippen LogP contribution in [0.3, 0.4) is 0 Å². The number of hydrogen-bond acceptors (Lipinski definition) is 4. The number of hydrogen-bond donors (Lipinski definition) is 1. The zero-order valence-corrected chi connectivity index (χ0v) is 12.6. The smallest absolute Gasteiger partial charge is 0.225 e. The molecule has 0 spiro atoms. The molecule has 5 heteroatoms. The van der Waals surface area contributed by atoms with E-state index < -0.39 is 5.60 Å². The van der Waals surface area contributed by atoms with Crippen molar-refractivity contribution in [1.29, 1.82) is 0 Å². The van der Waals surface area contributed by atoms with Crippen molar-refractivity contribution >= 4 is 5.91 Å². The van der Waals surface area contributed by atoms with Gasteiger partial charge in [0.25, 0.3) is 0 Å². The Morgan fingerprint density at radius 3 is 2.60 bits per heavy atom. The maximum absolute atomic E-state index is 12.5. The van der Waals surface area contributed by atoms with Gasteiger partial charge in [-0.2, -0.15) is 0 Å². The van der Waals surface area contributed by atoms with Gasteiger partial charge in [-0.1, -0.05) is 19.3 Å². The van der Waals surface area contributed by atoms with E-state index >= 15 is 0 Å². The molecular formula is C15H27NO4. The highest BCUT2D eigenvalue weighted by atomic mass is 16.5. The van der Waals surface area contributed by atoms with Crippen molar-refractivity contribution in [2.45, 2.75) is 62.7 Å². The van der Waals surface area contributed by atoms with Crippen LogP contribution in [0.15, 0.2) is 0 Å². The van der Waals surface area contributed by atoms with Crippen molar-refractivity contribution < 1.29 is 19.4 Å². The van der Waals surface area contributed by atoms with E-state index in [1.165, 1.54) is 0 Å². The predicted molar refractivity (Wildman–Crippen MR) is 75.4 cm³/mol. The van der Waals surface area contributed by atoms with E-state index in [1.807, 2.05) is 4.90 Å². The standard InChI is InChI=1S/C15H27NO4/c1-19-11-12-8-13(20-2)10-16(12)14(17)9-15(18)6-4-3-5-7-15/h12-13,18H,3-11H2,1-2H3/t12-,13+/m0/s1. The van der Waals surface area contributed by atoms with Crippen LogP contribution in [0.1, 0.15) is 44.9 Å². The van der Waals surface area contributed by atoms with Crippen molar-refractivity contribution in [2.24, 2.45) is 0 Å². The average Bonchev–Trinajstić information content (AvgIpc) is 2.83. The second-order valence-electron chi connectivity index (χ2n) is 6.21. The lowest BCUT2D eigenvalue weighted by molar-refractivity contribution is -0.139. The van der Waals surface area contributed by atoms with Crippen molar-refractivity contribution in [3.63, 3.8) is 0 Å². The van der Waals surface area contributed by atoms with Crippen LogP contribution >= 0.6 is 0 Å². The summed E-state index contributed by atoms with van der Waals surface area (Å²) in [5, 5.41) is 10.5. The summed E-state index contributed by atoms with van der Waals surface area (Å²) in [6.45, 7) is 1.14. The Labute approximate surface area is 121 Å². The topological polar surface area (TPSA) is 59.0 Å². The second kappa shape index (κ2) is 6.87. The Hall–Kier alpha value is -0.650. The molecule has 0 unspecified atom stereocenters. The largest absolute Gasteiger partial charge is 0.389 e. The molecule has 1 aliphatic carbocycles. The molecule has 1 aliphatic heterocycles. The fourth-order valence-electron chi connectivity index (χ4n) is 3.47. The SMILES string of the molecule is COC[C@@H]1C[C@@H](OC)CN1C(=O)CC1(O)CCCCC1. The zero-order valence-electron chi connectivity index (χ0n) is 12.6. The van der Waals surface area contributed by atoms with Crippen LogP contribution in [0.5, 0.6) is 0 Å². The third kappa shape index (κ3) is 3.71. The van der Waals surface area contributed by atoms with Crippen molar-refractivity contribution in [3.8, 4) is 0 Å². The highest BCUT2D eigenvalue weighted by molar-refractivity contribution is 5.78. The summed E-state index contributed by atoms with van der Waals surface area (Å²) in [6.07, 6.45) is 5.83. The molecule has 2 fully saturated rings. The number of nitrogens with zero attached hydrogens (tertiary/aromatic N) is 1. The number of ether oxygens (including phenoxy) is 2. The predicted octanol–water partition coefficient (Wildman–Crippen LogP) is 1.33. The lowest BCUT2D eigenvalue weighted by atomic mass is 9.82. The number of likely N-dealkylation sites (tertiary alicyclic amines) is 1. The van der Waals surface area contributed by atoms with Crippen LogP contribution in [-0.2, 0) is 14.3 Å². The van der Waals surface area contributed by atoms with Gasteiger partial charge in [-0.05, 0) is 19.3 Å². The van der Waals surface area contributed by atoms with Gasteiger partial charge in [0, 0.05) is 20.8 Å². The van der Waals surface area contributed by atoms with Gasteiger partial charge in [0.05, 0.1) is 30.8 Å². The molecule has 20 heavy (non-hydrogen) atoms. The van der Waals surface area contributed by atoms with Gasteiger partial charge >= 0.3 is 0 Å². The van der Waals surface area contributed by atoms with E-state index in [2.05, 4.69) is 0 Å². The monoisotopic (exact) mass is 285 g/mol. The van der Waals surface area contributed by atoms with Crippen LogP contribution in [-0.4, -0.2) is 61.0 Å². The quantitative estimate of drug-likeness (QED) is 0.828. The number of methoxy groups -OCH3 is 2. The van der Waals surface area contributed by atoms with Gasteiger partial charge in [0.1, 0.15) is 0 Å². The van der Waals surface area contributed by atoms with Gasteiger partial charge in [-0.3, -0.25) is 4.79 Å². The summed E-state index contributed by atoms with van der Waals surface area (Å²) in [6, 6.07) is 0.0737. The summed E-state index contributed by atoms with van der Waals surface area (Å²) >= 11 is 0. The molecule has 116 valence electrons. The van der Waals surface area contributed by atoms with E-state index in [9.17, 15) is 9.90 Å². The first-order valence-corrected chi connectivity index (χ1v) is 7.61. The minimum absolute atomic E-state index is 0.0380. The Bertz CT molecular complexity index is 328. The first-order valence-electron chi connectivity index (χ1n) is 7.61. The third-order valence-electron chi connectivity index (χ3n) is 4.65. The minimum atomic E-state index is -0.794. The molecule has 5 nitrogen and oxygen atoms in total. The lowest BCUT2D eigenvalue weighted by Gasteiger charge is -2.34. The molecule has 2 rings (SSSR count). The van der Waals surface area contributed by atoms with Gasteiger partial charge in [0.2, 0.25) is 5.91 Å². The zero-order chi connectivity index (χ0) is 14.6. The molecule has 0 aromatic rings. The highest BCUT2D eigenvalue weighted by Crippen LogP contribution is 2.32. The molecule has 0 radical (unpaired) electrons. The Morgan fingerprint density at radius 1 is 1.30 bits per heavy atom. The Morgan fingerprint density at radius 2 is 2.00 bits per heavy atom. The highest BCUT2D eigenvalue weighted by Gasteiger charge is 2.39. The number of carbonyl (C=O) groups excluding carboxylic acids is 1. The van der Waals surface area contributed by atoms with E-state index in [4.69, 9.17) is 9.47 Å². The minimum Gasteiger partial charge on any atom is -0.389 e. The number of aliphatic hydroxyl groups is 1. The molecule has 0 aromatic carbocycles. The molecule has 0 aromatic heterocycles. The molecule has 1 amide bonds. The number of rotatable bonds is 5. The summed E-state index contributed by atoms with van der Waals surface area (Å²) in [4.78, 5) is 14.4. The fourth-order valence-corrected chi connectivity index (χ4v) is 3.47. The van der Waals surface area contributed by atoms with Crippen molar-refractivity contribution in [1.82, 2.24) is 4.90 Å². The van der Waals surface area contributed by atoms with Crippen LogP contribution in [0, 0.1) is 0 Å².